The second kappa shape index (κ2) is 5.58. The van der Waals surface area contributed by atoms with Crippen LogP contribution in [0.25, 0.3) is 0 Å². The number of nitrogens with zero attached hydrogens (tertiary/aromatic N) is 1. The summed E-state index contributed by atoms with van der Waals surface area (Å²) in [6.07, 6.45) is 4.80. The minimum absolute atomic E-state index is 0.339. The van der Waals surface area contributed by atoms with Crippen molar-refractivity contribution in [3.63, 3.8) is 0 Å². The van der Waals surface area contributed by atoms with E-state index in [-0.39, 0.29) is 5.82 Å². The Labute approximate surface area is 125 Å². The fourth-order valence-corrected chi connectivity index (χ4v) is 3.97. The first-order chi connectivity index (χ1) is 10.0. The van der Waals surface area contributed by atoms with Gasteiger partial charge in [-0.1, -0.05) is 6.42 Å². The van der Waals surface area contributed by atoms with Gasteiger partial charge in [0.15, 0.2) is 0 Å². The summed E-state index contributed by atoms with van der Waals surface area (Å²) in [6.45, 7) is 2.37. The maximum Gasteiger partial charge on any atom is 0.127 e. The number of rotatable bonds is 3. The number of ether oxygens (including phenoxy) is 1. The number of halogens is 1. The molecular weight excluding hydrogens is 269 g/mol. The third kappa shape index (κ3) is 2.79. The van der Waals surface area contributed by atoms with Crippen LogP contribution in [0.3, 0.4) is 0 Å². The van der Waals surface area contributed by atoms with Crippen LogP contribution in [-0.4, -0.2) is 35.7 Å². The van der Waals surface area contributed by atoms with Crippen LogP contribution in [0.4, 0.5) is 4.39 Å². The molecule has 0 aromatic heterocycles. The molecule has 1 aromatic rings. The van der Waals surface area contributed by atoms with E-state index >= 15 is 0 Å². The zero-order chi connectivity index (χ0) is 15.0. The first-order valence-corrected chi connectivity index (χ1v) is 7.90. The normalized spacial score (nSPS) is 33.0. The zero-order valence-corrected chi connectivity index (χ0v) is 12.8. The molecule has 2 atom stereocenters. The molecule has 2 fully saturated rings. The van der Waals surface area contributed by atoms with E-state index in [9.17, 15) is 9.50 Å². The van der Waals surface area contributed by atoms with Crippen molar-refractivity contribution in [2.45, 2.75) is 56.7 Å². The molecule has 0 saturated carbocycles. The van der Waals surface area contributed by atoms with Gasteiger partial charge in [-0.3, -0.25) is 0 Å². The van der Waals surface area contributed by atoms with E-state index in [2.05, 4.69) is 11.9 Å². The van der Waals surface area contributed by atoms with Crippen LogP contribution in [-0.2, 0) is 5.60 Å². The van der Waals surface area contributed by atoms with E-state index < -0.39 is 5.60 Å². The second-order valence-electron chi connectivity index (χ2n) is 6.45. The van der Waals surface area contributed by atoms with Crippen LogP contribution < -0.4 is 4.74 Å². The van der Waals surface area contributed by atoms with Crippen molar-refractivity contribution < 1.29 is 14.2 Å². The summed E-state index contributed by atoms with van der Waals surface area (Å²) in [4.78, 5) is 2.39. The molecule has 116 valence electrons. The van der Waals surface area contributed by atoms with Crippen LogP contribution in [0.5, 0.6) is 5.75 Å². The van der Waals surface area contributed by atoms with Crippen molar-refractivity contribution in [3.05, 3.63) is 29.6 Å². The molecule has 21 heavy (non-hydrogen) atoms. The molecule has 2 bridgehead atoms. The third-order valence-corrected chi connectivity index (χ3v) is 5.09. The smallest absolute Gasteiger partial charge is 0.127 e. The van der Waals surface area contributed by atoms with Crippen molar-refractivity contribution in [2.24, 2.45) is 0 Å². The molecule has 0 radical (unpaired) electrons. The fourth-order valence-electron chi connectivity index (χ4n) is 3.97. The van der Waals surface area contributed by atoms with Gasteiger partial charge in [0, 0.05) is 18.2 Å². The molecule has 2 saturated heterocycles. The van der Waals surface area contributed by atoms with E-state index in [1.807, 2.05) is 6.92 Å². The maximum absolute atomic E-state index is 13.8. The van der Waals surface area contributed by atoms with Gasteiger partial charge >= 0.3 is 0 Å². The number of hydrogen-bond donors (Lipinski definition) is 1. The predicted molar refractivity (Wildman–Crippen MR) is 79.9 cm³/mol. The van der Waals surface area contributed by atoms with E-state index in [1.54, 1.807) is 6.07 Å². The molecule has 1 aromatic carbocycles. The van der Waals surface area contributed by atoms with Crippen LogP contribution in [0.2, 0.25) is 0 Å². The van der Waals surface area contributed by atoms with Gasteiger partial charge in [-0.15, -0.1) is 0 Å². The largest absolute Gasteiger partial charge is 0.494 e. The summed E-state index contributed by atoms with van der Waals surface area (Å²) >= 11 is 0. The lowest BCUT2D eigenvalue weighted by atomic mass is 9.73. The van der Waals surface area contributed by atoms with Gasteiger partial charge in [-0.2, -0.15) is 0 Å². The van der Waals surface area contributed by atoms with Gasteiger partial charge in [0.1, 0.15) is 11.6 Å². The highest BCUT2D eigenvalue weighted by atomic mass is 19.1. The van der Waals surface area contributed by atoms with Gasteiger partial charge in [-0.05, 0) is 57.4 Å². The molecule has 3 rings (SSSR count). The topological polar surface area (TPSA) is 32.7 Å². The highest BCUT2D eigenvalue weighted by molar-refractivity contribution is 5.34. The van der Waals surface area contributed by atoms with Crippen molar-refractivity contribution in [3.8, 4) is 5.75 Å². The number of piperidine rings is 2. The SMILES string of the molecule is CCOc1cc(F)cc(C2(O)CC3CCCC(C2)N3C)c1. The Balaban J connectivity index is 1.92. The Bertz CT molecular complexity index is 506. The van der Waals surface area contributed by atoms with E-state index in [0.717, 1.165) is 12.8 Å². The standard InChI is InChI=1S/C17H24FNO2/c1-3-21-16-8-12(7-13(18)9-16)17(20)10-14-5-4-6-15(11-17)19(14)2/h7-9,14-15,20H,3-6,10-11H2,1-2H3. The number of hydrogen-bond acceptors (Lipinski definition) is 3. The summed E-state index contributed by atoms with van der Waals surface area (Å²) in [5.74, 6) is 0.165. The van der Waals surface area contributed by atoms with Crippen molar-refractivity contribution in [2.75, 3.05) is 13.7 Å². The van der Waals surface area contributed by atoms with E-state index in [4.69, 9.17) is 4.74 Å². The molecule has 2 aliphatic heterocycles. The fraction of sp³-hybridized carbons (Fsp3) is 0.647. The quantitative estimate of drug-likeness (QED) is 0.929. The Morgan fingerprint density at radius 3 is 2.57 bits per heavy atom. The van der Waals surface area contributed by atoms with Crippen LogP contribution in [0.1, 0.15) is 44.6 Å². The summed E-state index contributed by atoms with van der Waals surface area (Å²) in [7, 11) is 2.14. The molecule has 1 N–H and O–H groups in total. The van der Waals surface area contributed by atoms with Gasteiger partial charge in [0.2, 0.25) is 0 Å². The highest BCUT2D eigenvalue weighted by Gasteiger charge is 2.45. The first-order valence-electron chi connectivity index (χ1n) is 7.90. The summed E-state index contributed by atoms with van der Waals surface area (Å²) in [6, 6.07) is 5.42. The monoisotopic (exact) mass is 293 g/mol. The minimum Gasteiger partial charge on any atom is -0.494 e. The van der Waals surface area contributed by atoms with Gasteiger partial charge in [0.25, 0.3) is 0 Å². The van der Waals surface area contributed by atoms with E-state index in [0.29, 0.717) is 42.8 Å². The molecule has 3 nitrogen and oxygen atoms in total. The molecule has 2 unspecified atom stereocenters. The predicted octanol–water partition coefficient (Wildman–Crippen LogP) is 3.06. The Kier molecular flexibility index (Phi) is 3.93. The molecule has 0 aliphatic carbocycles. The second-order valence-corrected chi connectivity index (χ2v) is 6.45. The molecule has 0 amide bonds. The number of fused-ring (bicyclic) bond motifs is 2. The van der Waals surface area contributed by atoms with Crippen LogP contribution in [0.15, 0.2) is 18.2 Å². The van der Waals surface area contributed by atoms with E-state index in [1.165, 1.54) is 18.6 Å². The summed E-state index contributed by atoms with van der Waals surface area (Å²) < 4.78 is 19.3. The Hall–Kier alpha value is -1.13. The van der Waals surface area contributed by atoms with Gasteiger partial charge in [-0.25, -0.2) is 4.39 Å². The van der Waals surface area contributed by atoms with Crippen LogP contribution in [0, 0.1) is 5.82 Å². The highest BCUT2D eigenvalue weighted by Crippen LogP contribution is 2.44. The Morgan fingerprint density at radius 2 is 1.95 bits per heavy atom. The average Bonchev–Trinajstić information content (AvgIpc) is 2.40. The first kappa shape index (κ1) is 14.8. The number of aliphatic hydroxyl groups is 1. The average molecular weight is 293 g/mol. The minimum atomic E-state index is -0.934. The summed E-state index contributed by atoms with van der Waals surface area (Å²) in [5, 5.41) is 11.1. The lowest BCUT2D eigenvalue weighted by molar-refractivity contribution is -0.0876. The lowest BCUT2D eigenvalue weighted by Gasteiger charge is -2.50. The molecule has 2 aliphatic rings. The van der Waals surface area contributed by atoms with Crippen molar-refractivity contribution in [1.29, 1.82) is 0 Å². The summed E-state index contributed by atoms with van der Waals surface area (Å²) in [5.41, 5.74) is -0.271. The maximum atomic E-state index is 13.8. The third-order valence-electron chi connectivity index (χ3n) is 5.09. The molecule has 0 spiro atoms. The van der Waals surface area contributed by atoms with Gasteiger partial charge < -0.3 is 14.7 Å². The molecule has 2 heterocycles. The van der Waals surface area contributed by atoms with Crippen molar-refractivity contribution in [1.82, 2.24) is 4.90 Å². The molecular formula is C17H24FNO2. The van der Waals surface area contributed by atoms with Crippen molar-refractivity contribution >= 4 is 0 Å². The van der Waals surface area contributed by atoms with Crippen LogP contribution >= 0.6 is 0 Å². The zero-order valence-electron chi connectivity index (χ0n) is 12.8. The lowest BCUT2D eigenvalue weighted by Crippen LogP contribution is -2.55. The Morgan fingerprint density at radius 1 is 1.29 bits per heavy atom. The van der Waals surface area contributed by atoms with Gasteiger partial charge in [0.05, 0.1) is 12.2 Å². The number of benzene rings is 1. The molecule has 4 heteroatoms.